The summed E-state index contributed by atoms with van der Waals surface area (Å²) in [4.78, 5) is 27.1. The van der Waals surface area contributed by atoms with E-state index in [9.17, 15) is 9.59 Å². The summed E-state index contributed by atoms with van der Waals surface area (Å²) in [6.07, 6.45) is 22.3. The highest BCUT2D eigenvalue weighted by Gasteiger charge is 2.65. The quantitative estimate of drug-likeness (QED) is 0.445. The van der Waals surface area contributed by atoms with Crippen LogP contribution in [0, 0.1) is 40.9 Å². The number of rotatable bonds is 2. The second-order valence-corrected chi connectivity index (χ2v) is 11.1. The number of esters is 1. The molecule has 0 bridgehead atoms. The fourth-order valence-electron chi connectivity index (χ4n) is 8.05. The fraction of sp³-hybridized carbons (Fsp3) is 0.643. The molecule has 0 spiro atoms. The summed E-state index contributed by atoms with van der Waals surface area (Å²) in [5.74, 6) is 4.64. The summed E-state index contributed by atoms with van der Waals surface area (Å²) in [6.45, 7) is 4.68. The van der Waals surface area contributed by atoms with Gasteiger partial charge in [-0.3, -0.25) is 4.79 Å². The van der Waals surface area contributed by atoms with Gasteiger partial charge in [0.1, 0.15) is 5.70 Å². The highest BCUT2D eigenvalue weighted by Crippen LogP contribution is 2.68. The van der Waals surface area contributed by atoms with Crippen molar-refractivity contribution in [3.05, 3.63) is 35.7 Å². The van der Waals surface area contributed by atoms with Crippen LogP contribution in [-0.4, -0.2) is 29.3 Å². The van der Waals surface area contributed by atoms with Gasteiger partial charge in [-0.25, -0.2) is 4.79 Å². The Hall–Kier alpha value is -2.28. The van der Waals surface area contributed by atoms with Gasteiger partial charge in [0, 0.05) is 25.1 Å². The molecule has 0 radical (unpaired) electrons. The van der Waals surface area contributed by atoms with Gasteiger partial charge in [-0.1, -0.05) is 31.4 Å². The molecule has 3 saturated carbocycles. The Balaban J connectivity index is 1.42. The van der Waals surface area contributed by atoms with Crippen LogP contribution in [0.4, 0.5) is 0 Å². The molecule has 6 atom stereocenters. The van der Waals surface area contributed by atoms with Crippen molar-refractivity contribution in [2.45, 2.75) is 77.2 Å². The van der Waals surface area contributed by atoms with Gasteiger partial charge in [-0.15, -0.1) is 6.42 Å². The highest BCUT2D eigenvalue weighted by atomic mass is 16.6. The summed E-state index contributed by atoms with van der Waals surface area (Å²) >= 11 is 0. The van der Waals surface area contributed by atoms with E-state index < -0.39 is 5.60 Å². The predicted molar refractivity (Wildman–Crippen MR) is 124 cm³/mol. The summed E-state index contributed by atoms with van der Waals surface area (Å²) < 4.78 is 6.28. The number of carbonyl (C=O) groups excluding carboxylic acids is 2. The molecular formula is C28H35NO3. The molecule has 0 saturated heterocycles. The second-order valence-electron chi connectivity index (χ2n) is 11.1. The number of likely N-dealkylation sites (N-methyl/N-ethyl adjacent to an activating group) is 1. The molecule has 0 aromatic rings. The molecule has 5 rings (SSSR count). The third-order valence-electron chi connectivity index (χ3n) is 9.95. The van der Waals surface area contributed by atoms with Gasteiger partial charge >= 0.3 is 5.97 Å². The van der Waals surface area contributed by atoms with E-state index in [1.165, 1.54) is 5.57 Å². The standard InChI is InChI=1S/C28H35NO3/c1-5-28(32-25(31)24-8-6-7-17-29(24)4)16-13-23-21-10-9-19-18-20(30)11-14-26(19,2)22(21)12-15-27(23,28)3/h1,7-8,17-18,21-23H,6,9-16H2,2-4H3/t21-,22+,23+,26+,27+,28+/m1/s1. The van der Waals surface area contributed by atoms with Crippen molar-refractivity contribution in [2.75, 3.05) is 7.05 Å². The Morgan fingerprint density at radius 3 is 2.69 bits per heavy atom. The lowest BCUT2D eigenvalue weighted by molar-refractivity contribution is -0.168. The molecule has 0 unspecified atom stereocenters. The van der Waals surface area contributed by atoms with Crippen molar-refractivity contribution in [3.63, 3.8) is 0 Å². The van der Waals surface area contributed by atoms with Crippen LogP contribution < -0.4 is 0 Å². The third-order valence-corrected chi connectivity index (χ3v) is 9.95. The SMILES string of the molecule is C#C[C@]1(OC(=O)C2=CCC=CN2C)CC[C@H]2[C@@H]3CCC4=CC(=O)CC[C@]4(C)[C@H]3CC[C@@]21C. The van der Waals surface area contributed by atoms with Crippen molar-refractivity contribution in [1.29, 1.82) is 0 Å². The van der Waals surface area contributed by atoms with Crippen LogP contribution in [0.3, 0.4) is 0 Å². The molecule has 0 aromatic heterocycles. The van der Waals surface area contributed by atoms with Gasteiger partial charge in [0.2, 0.25) is 0 Å². The van der Waals surface area contributed by atoms with Crippen molar-refractivity contribution >= 4 is 11.8 Å². The minimum Gasteiger partial charge on any atom is -0.441 e. The first-order chi connectivity index (χ1) is 15.2. The Kier molecular flexibility index (Phi) is 4.97. The molecule has 0 aromatic carbocycles. The van der Waals surface area contributed by atoms with Crippen LogP contribution in [0.25, 0.3) is 0 Å². The molecule has 4 nitrogen and oxygen atoms in total. The number of ketones is 1. The van der Waals surface area contributed by atoms with E-state index in [0.29, 0.717) is 35.7 Å². The average molecular weight is 434 g/mol. The van der Waals surface area contributed by atoms with Crippen molar-refractivity contribution in [2.24, 2.45) is 28.6 Å². The number of carbonyl (C=O) groups is 2. The molecule has 5 aliphatic rings. The molecule has 170 valence electrons. The molecule has 1 heterocycles. The summed E-state index contributed by atoms with van der Waals surface area (Å²) in [6, 6.07) is 0. The van der Waals surface area contributed by atoms with Crippen LogP contribution >= 0.6 is 0 Å². The van der Waals surface area contributed by atoms with Crippen LogP contribution in [0.1, 0.15) is 71.6 Å². The van der Waals surface area contributed by atoms with E-state index in [1.54, 1.807) is 0 Å². The number of hydrogen-bond donors (Lipinski definition) is 0. The van der Waals surface area contributed by atoms with E-state index in [2.05, 4.69) is 19.8 Å². The van der Waals surface area contributed by atoms with Gasteiger partial charge < -0.3 is 9.64 Å². The van der Waals surface area contributed by atoms with Gasteiger partial charge in [-0.05, 0) is 86.7 Å². The highest BCUT2D eigenvalue weighted by molar-refractivity contribution is 5.91. The minimum absolute atomic E-state index is 0.137. The van der Waals surface area contributed by atoms with Gasteiger partial charge in [0.05, 0.1) is 0 Å². The topological polar surface area (TPSA) is 46.6 Å². The van der Waals surface area contributed by atoms with Gasteiger partial charge in [0.25, 0.3) is 0 Å². The lowest BCUT2D eigenvalue weighted by atomic mass is 9.46. The predicted octanol–water partition coefficient (Wildman–Crippen LogP) is 5.17. The molecule has 4 aliphatic carbocycles. The van der Waals surface area contributed by atoms with Crippen LogP contribution in [0.5, 0.6) is 0 Å². The molecular weight excluding hydrogens is 398 g/mol. The maximum Gasteiger partial charge on any atom is 0.356 e. The first-order valence-corrected chi connectivity index (χ1v) is 12.3. The normalized spacial score (nSPS) is 42.8. The fourth-order valence-corrected chi connectivity index (χ4v) is 8.05. The lowest BCUT2D eigenvalue weighted by Gasteiger charge is -2.58. The monoisotopic (exact) mass is 433 g/mol. The number of ether oxygens (including phenoxy) is 1. The van der Waals surface area contributed by atoms with E-state index in [-0.39, 0.29) is 16.8 Å². The Bertz CT molecular complexity index is 983. The molecule has 4 heteroatoms. The van der Waals surface area contributed by atoms with E-state index >= 15 is 0 Å². The van der Waals surface area contributed by atoms with Crippen molar-refractivity contribution in [1.82, 2.24) is 4.90 Å². The number of nitrogens with zero attached hydrogens (tertiary/aromatic N) is 1. The molecule has 0 amide bonds. The first-order valence-electron chi connectivity index (χ1n) is 12.3. The van der Waals surface area contributed by atoms with E-state index in [0.717, 1.165) is 51.4 Å². The first kappa shape index (κ1) is 21.6. The molecule has 1 aliphatic heterocycles. The Labute approximate surface area is 192 Å². The van der Waals surface area contributed by atoms with Crippen molar-refractivity contribution in [3.8, 4) is 12.3 Å². The maximum atomic E-state index is 13.2. The number of fused-ring (bicyclic) bond motifs is 5. The molecule has 3 fully saturated rings. The zero-order valence-corrected chi connectivity index (χ0v) is 19.7. The summed E-state index contributed by atoms with van der Waals surface area (Å²) in [5.41, 5.74) is 1.05. The summed E-state index contributed by atoms with van der Waals surface area (Å²) in [5, 5.41) is 0. The van der Waals surface area contributed by atoms with Crippen molar-refractivity contribution < 1.29 is 14.3 Å². The largest absolute Gasteiger partial charge is 0.441 e. The van der Waals surface area contributed by atoms with Gasteiger partial charge in [0.15, 0.2) is 11.4 Å². The van der Waals surface area contributed by atoms with Crippen LogP contribution in [0.15, 0.2) is 35.7 Å². The lowest BCUT2D eigenvalue weighted by Crippen LogP contribution is -2.55. The number of terminal acetylenes is 1. The van der Waals surface area contributed by atoms with Crippen LogP contribution in [-0.2, 0) is 14.3 Å². The average Bonchev–Trinajstić information content (AvgIpc) is 3.07. The Morgan fingerprint density at radius 1 is 1.16 bits per heavy atom. The Morgan fingerprint density at radius 2 is 1.94 bits per heavy atom. The zero-order valence-electron chi connectivity index (χ0n) is 19.7. The zero-order chi connectivity index (χ0) is 22.7. The number of allylic oxidation sites excluding steroid dienone is 3. The van der Waals surface area contributed by atoms with E-state index in [1.807, 2.05) is 36.4 Å². The third kappa shape index (κ3) is 2.89. The van der Waals surface area contributed by atoms with Gasteiger partial charge in [-0.2, -0.15) is 0 Å². The molecule has 32 heavy (non-hydrogen) atoms. The van der Waals surface area contributed by atoms with E-state index in [4.69, 9.17) is 11.2 Å². The number of hydrogen-bond acceptors (Lipinski definition) is 4. The van der Waals surface area contributed by atoms with Crippen LogP contribution in [0.2, 0.25) is 0 Å². The second kappa shape index (κ2) is 7.37. The minimum atomic E-state index is -0.845. The summed E-state index contributed by atoms with van der Waals surface area (Å²) in [7, 11) is 1.87. The smallest absolute Gasteiger partial charge is 0.356 e. The molecule has 0 N–H and O–H groups in total. The maximum absolute atomic E-state index is 13.2.